The van der Waals surface area contributed by atoms with Gasteiger partial charge in [0.1, 0.15) is 0 Å². The number of aliphatic carboxylic acids is 2. The quantitative estimate of drug-likeness (QED) is 0.0883. The van der Waals surface area contributed by atoms with Gasteiger partial charge in [-0.05, 0) is 18.8 Å². The van der Waals surface area contributed by atoms with Gasteiger partial charge in [-0.15, -0.1) is 0 Å². The van der Waals surface area contributed by atoms with Gasteiger partial charge in [-0.1, -0.05) is 136 Å². The normalized spacial score (nSPS) is 12.3. The molecule has 0 rings (SSSR count). The molecule has 0 aliphatic rings. The van der Waals surface area contributed by atoms with Crippen LogP contribution in [0.25, 0.3) is 0 Å². The first-order chi connectivity index (χ1) is 14.9. The van der Waals surface area contributed by atoms with E-state index in [1.165, 1.54) is 83.5 Å². The van der Waals surface area contributed by atoms with Gasteiger partial charge in [0.2, 0.25) is 0 Å². The van der Waals surface area contributed by atoms with Crippen molar-refractivity contribution in [3.05, 3.63) is 0 Å². The van der Waals surface area contributed by atoms with Crippen LogP contribution in [0, 0.1) is 11.3 Å². The zero-order valence-electron chi connectivity index (χ0n) is 20.9. The third kappa shape index (κ3) is 16.2. The van der Waals surface area contributed by atoms with E-state index in [4.69, 9.17) is 0 Å². The van der Waals surface area contributed by atoms with Gasteiger partial charge in [-0.3, -0.25) is 9.59 Å². The fourth-order valence-electron chi connectivity index (χ4n) is 4.81. The second kappa shape index (κ2) is 23.3. The average Bonchev–Trinajstić information content (AvgIpc) is 2.73. The number of unbranched alkanes of at least 4 members (excludes halogenated alkanes) is 13. The van der Waals surface area contributed by atoms with Crippen molar-refractivity contribution in [1.82, 2.24) is 0 Å². The third-order valence-corrected chi connectivity index (χ3v) is 6.81. The van der Waals surface area contributed by atoms with Crippen molar-refractivity contribution in [2.24, 2.45) is 11.3 Å². The van der Waals surface area contributed by atoms with E-state index in [-0.39, 0.29) is 70.1 Å². The number of carboxylic acids is 2. The Morgan fingerprint density at radius 3 is 1.25 bits per heavy atom. The molecule has 0 saturated heterocycles. The van der Waals surface area contributed by atoms with Crippen molar-refractivity contribution in [2.75, 3.05) is 0 Å². The van der Waals surface area contributed by atoms with Crippen LogP contribution in [0.3, 0.4) is 0 Å². The summed E-state index contributed by atoms with van der Waals surface area (Å²) in [6.07, 6.45) is 21.8. The fourth-order valence-corrected chi connectivity index (χ4v) is 4.81. The molecule has 0 aromatic rings. The average molecular weight is 481 g/mol. The molecule has 1 unspecified atom stereocenters. The predicted molar refractivity (Wildman–Crippen MR) is 138 cm³/mol. The number of hydrogen-bond acceptors (Lipinski definition) is 2. The zero-order valence-corrected chi connectivity index (χ0v) is 20.9. The zero-order chi connectivity index (χ0) is 23.4. The summed E-state index contributed by atoms with van der Waals surface area (Å²) < 4.78 is 0. The van der Waals surface area contributed by atoms with Crippen molar-refractivity contribution < 1.29 is 19.8 Å². The Bertz CT molecular complexity index is 439. The van der Waals surface area contributed by atoms with Gasteiger partial charge >= 0.3 is 63.3 Å². The van der Waals surface area contributed by atoms with E-state index in [0.29, 0.717) is 6.42 Å². The van der Waals surface area contributed by atoms with Crippen LogP contribution < -0.4 is 0 Å². The van der Waals surface area contributed by atoms with Gasteiger partial charge in [0.25, 0.3) is 0 Å². The number of carbonyl (C=O) groups is 2. The molecule has 1 atom stereocenters. The maximum absolute atomic E-state index is 12.0. The van der Waals surface area contributed by atoms with Gasteiger partial charge in [-0.25, -0.2) is 0 Å². The topological polar surface area (TPSA) is 74.6 Å². The molecule has 0 radical (unpaired) electrons. The van der Waals surface area contributed by atoms with Gasteiger partial charge < -0.3 is 10.2 Å². The SMILES string of the molecule is CCCCCCCCCCCCC(CCCCCCC)CC(CCC)(C(=O)O)C(=O)O.[KH]. The summed E-state index contributed by atoms with van der Waals surface area (Å²) in [6.45, 7) is 6.33. The molecule has 0 aliphatic heterocycles. The van der Waals surface area contributed by atoms with E-state index in [9.17, 15) is 19.8 Å². The van der Waals surface area contributed by atoms with E-state index in [2.05, 4.69) is 13.8 Å². The Balaban J connectivity index is 0. The summed E-state index contributed by atoms with van der Waals surface area (Å²) in [5.74, 6) is -2.10. The Labute approximate surface area is 241 Å². The van der Waals surface area contributed by atoms with E-state index in [1.807, 2.05) is 6.92 Å². The van der Waals surface area contributed by atoms with Crippen molar-refractivity contribution in [2.45, 2.75) is 149 Å². The minimum absolute atomic E-state index is 0. The molecule has 0 aromatic heterocycles. The molecule has 2 N–H and O–H groups in total. The number of hydrogen-bond donors (Lipinski definition) is 2. The Hall–Kier alpha value is 0.576. The second-order valence-electron chi connectivity index (χ2n) is 9.69. The van der Waals surface area contributed by atoms with Crippen LogP contribution in [0.15, 0.2) is 0 Å². The Morgan fingerprint density at radius 2 is 0.938 bits per heavy atom. The second-order valence-corrected chi connectivity index (χ2v) is 9.69. The minimum atomic E-state index is -1.61. The van der Waals surface area contributed by atoms with E-state index < -0.39 is 17.4 Å². The molecular formula is C27H53KO4. The first kappa shape index (κ1) is 34.7. The van der Waals surface area contributed by atoms with Crippen LogP contribution in [0.2, 0.25) is 0 Å². The molecular weight excluding hydrogens is 427 g/mol. The van der Waals surface area contributed by atoms with E-state index >= 15 is 0 Å². The van der Waals surface area contributed by atoms with E-state index in [0.717, 1.165) is 25.7 Å². The summed E-state index contributed by atoms with van der Waals surface area (Å²) in [5.41, 5.74) is -1.61. The molecule has 0 amide bonds. The number of rotatable bonds is 23. The molecule has 186 valence electrons. The monoisotopic (exact) mass is 480 g/mol. The molecule has 0 fully saturated rings. The van der Waals surface area contributed by atoms with Gasteiger partial charge in [0.05, 0.1) is 0 Å². The van der Waals surface area contributed by atoms with Crippen LogP contribution in [0.5, 0.6) is 0 Å². The summed E-state index contributed by atoms with van der Waals surface area (Å²) in [7, 11) is 0. The Kier molecular flexibility index (Phi) is 25.3. The van der Waals surface area contributed by atoms with Crippen LogP contribution in [0.4, 0.5) is 0 Å². The van der Waals surface area contributed by atoms with Crippen LogP contribution >= 0.6 is 0 Å². The van der Waals surface area contributed by atoms with E-state index in [1.54, 1.807) is 0 Å². The summed E-state index contributed by atoms with van der Waals surface area (Å²) in [6, 6.07) is 0. The number of carboxylic acid groups (broad SMARTS) is 2. The molecule has 0 aromatic carbocycles. The summed E-state index contributed by atoms with van der Waals surface area (Å²) in [5, 5.41) is 19.6. The predicted octanol–water partition coefficient (Wildman–Crippen LogP) is 7.97. The molecule has 5 heteroatoms. The first-order valence-electron chi connectivity index (χ1n) is 13.4. The molecule has 0 spiro atoms. The molecule has 32 heavy (non-hydrogen) atoms. The fraction of sp³-hybridized carbons (Fsp3) is 0.926. The molecule has 4 nitrogen and oxygen atoms in total. The first-order valence-corrected chi connectivity index (χ1v) is 13.4. The van der Waals surface area contributed by atoms with Crippen LogP contribution in [-0.2, 0) is 9.59 Å². The van der Waals surface area contributed by atoms with Crippen molar-refractivity contribution in [3.8, 4) is 0 Å². The van der Waals surface area contributed by atoms with Crippen LogP contribution in [0.1, 0.15) is 149 Å². The third-order valence-electron chi connectivity index (χ3n) is 6.81. The maximum atomic E-state index is 12.0. The standard InChI is InChI=1S/C27H52O4.K.H/c1-4-7-9-11-12-13-14-15-17-19-21-24(20-18-16-10-8-5-2)23-27(22-6-3,25(28)29)26(30)31;;/h24H,4-23H2,1-3H3,(H,28,29)(H,30,31);;. The van der Waals surface area contributed by atoms with Crippen LogP contribution in [-0.4, -0.2) is 73.5 Å². The Morgan fingerprint density at radius 1 is 0.594 bits per heavy atom. The van der Waals surface area contributed by atoms with Gasteiger partial charge in [0, 0.05) is 0 Å². The summed E-state index contributed by atoms with van der Waals surface area (Å²) >= 11 is 0. The molecule has 0 heterocycles. The van der Waals surface area contributed by atoms with Crippen molar-refractivity contribution >= 4 is 63.3 Å². The van der Waals surface area contributed by atoms with Gasteiger partial charge in [0.15, 0.2) is 5.41 Å². The molecule has 0 saturated carbocycles. The van der Waals surface area contributed by atoms with Gasteiger partial charge in [-0.2, -0.15) is 0 Å². The van der Waals surface area contributed by atoms with Crippen molar-refractivity contribution in [1.29, 1.82) is 0 Å². The summed E-state index contributed by atoms with van der Waals surface area (Å²) in [4.78, 5) is 23.9. The molecule has 0 bridgehead atoms. The molecule has 0 aliphatic carbocycles. The van der Waals surface area contributed by atoms with Crippen molar-refractivity contribution in [3.63, 3.8) is 0 Å².